The molecule has 8 nitrogen and oxygen atoms in total. The lowest BCUT2D eigenvalue weighted by molar-refractivity contribution is 0.194. The molecule has 0 aromatic carbocycles. The van der Waals surface area contributed by atoms with E-state index in [9.17, 15) is 22.0 Å². The lowest BCUT2D eigenvalue weighted by Crippen LogP contribution is -2.23. The molecule has 152 valence electrons. The Morgan fingerprint density at radius 2 is 2.00 bits per heavy atom. The van der Waals surface area contributed by atoms with Crippen molar-refractivity contribution < 1.29 is 31.5 Å². The quantitative estimate of drug-likeness (QED) is 0.585. The van der Waals surface area contributed by atoms with Crippen LogP contribution in [0.5, 0.6) is 0 Å². The van der Waals surface area contributed by atoms with Crippen LogP contribution in [0.2, 0.25) is 0 Å². The summed E-state index contributed by atoms with van der Waals surface area (Å²) in [7, 11) is -4.56. The van der Waals surface area contributed by atoms with Crippen molar-refractivity contribution in [2.75, 3.05) is 6.54 Å². The van der Waals surface area contributed by atoms with E-state index in [1.807, 2.05) is 5.32 Å². The smallest absolute Gasteiger partial charge is 0.404 e. The van der Waals surface area contributed by atoms with Gasteiger partial charge in [0.1, 0.15) is 16.4 Å². The molecule has 0 saturated heterocycles. The fourth-order valence-electron chi connectivity index (χ4n) is 2.63. The van der Waals surface area contributed by atoms with E-state index in [2.05, 4.69) is 9.97 Å². The van der Waals surface area contributed by atoms with Crippen molar-refractivity contribution in [2.45, 2.75) is 11.3 Å². The molecule has 0 fully saturated rings. The van der Waals surface area contributed by atoms with E-state index < -0.39 is 49.9 Å². The second-order valence-corrected chi connectivity index (χ2v) is 7.60. The zero-order chi connectivity index (χ0) is 21.2. The van der Waals surface area contributed by atoms with E-state index in [1.54, 1.807) is 0 Å². The fourth-order valence-corrected chi connectivity index (χ4v) is 3.99. The van der Waals surface area contributed by atoms with E-state index in [-0.39, 0.29) is 18.5 Å². The van der Waals surface area contributed by atoms with Crippen LogP contribution in [-0.4, -0.2) is 40.1 Å². The minimum absolute atomic E-state index is 0.190. The Bertz CT molecular complexity index is 1180. The van der Waals surface area contributed by atoms with Crippen molar-refractivity contribution in [1.82, 2.24) is 19.3 Å². The number of halogens is 3. The van der Waals surface area contributed by atoms with Crippen LogP contribution in [0.15, 0.2) is 47.9 Å². The molecule has 3 aromatic rings. The highest BCUT2D eigenvalue weighted by atomic mass is 32.2. The van der Waals surface area contributed by atoms with Gasteiger partial charge in [-0.05, 0) is 24.6 Å². The van der Waals surface area contributed by atoms with Crippen LogP contribution >= 0.6 is 0 Å². The molecule has 1 amide bonds. The molecule has 29 heavy (non-hydrogen) atoms. The zero-order valence-corrected chi connectivity index (χ0v) is 15.3. The summed E-state index contributed by atoms with van der Waals surface area (Å²) in [6, 6.07) is 3.11. The van der Waals surface area contributed by atoms with Gasteiger partial charge in [-0.25, -0.2) is 30.9 Å². The Hall–Kier alpha value is -3.41. The first-order valence-electron chi connectivity index (χ1n) is 8.05. The number of pyridine rings is 2. The third-order valence-corrected chi connectivity index (χ3v) is 5.53. The number of hydrogen-bond donors (Lipinski definition) is 2. The maximum atomic E-state index is 15.1. The third kappa shape index (κ3) is 4.06. The number of amides is 1. The van der Waals surface area contributed by atoms with E-state index in [4.69, 9.17) is 5.11 Å². The highest BCUT2D eigenvalue weighted by Gasteiger charge is 2.28. The summed E-state index contributed by atoms with van der Waals surface area (Å²) >= 11 is 0. The van der Waals surface area contributed by atoms with Crippen LogP contribution in [0.1, 0.15) is 5.56 Å². The molecular weight excluding hydrogens is 413 g/mol. The summed E-state index contributed by atoms with van der Waals surface area (Å²) in [4.78, 5) is 16.9. The third-order valence-electron chi connectivity index (χ3n) is 3.90. The predicted octanol–water partition coefficient (Wildman–Crippen LogP) is 2.41. The van der Waals surface area contributed by atoms with Gasteiger partial charge in [0.2, 0.25) is 5.95 Å². The summed E-state index contributed by atoms with van der Waals surface area (Å²) in [6.45, 7) is -0.215. The molecule has 3 rings (SSSR count). The zero-order valence-electron chi connectivity index (χ0n) is 14.5. The lowest BCUT2D eigenvalue weighted by atomic mass is 10.1. The lowest BCUT2D eigenvalue weighted by Gasteiger charge is -2.10. The molecule has 2 N–H and O–H groups in total. The van der Waals surface area contributed by atoms with Crippen molar-refractivity contribution in [3.05, 3.63) is 66.1 Å². The van der Waals surface area contributed by atoms with Gasteiger partial charge in [-0.1, -0.05) is 0 Å². The molecule has 0 aliphatic heterocycles. The monoisotopic (exact) mass is 426 g/mol. The molecule has 0 unspecified atom stereocenters. The van der Waals surface area contributed by atoms with Crippen LogP contribution < -0.4 is 5.32 Å². The van der Waals surface area contributed by atoms with Gasteiger partial charge in [-0.3, -0.25) is 4.98 Å². The van der Waals surface area contributed by atoms with Crippen molar-refractivity contribution >= 4 is 16.1 Å². The summed E-state index contributed by atoms with van der Waals surface area (Å²) < 4.78 is 69.2. The molecule has 12 heteroatoms. The van der Waals surface area contributed by atoms with Gasteiger partial charge in [0.05, 0.1) is 11.8 Å². The van der Waals surface area contributed by atoms with Gasteiger partial charge >= 0.3 is 6.09 Å². The fraction of sp³-hybridized carbons (Fsp3) is 0.118. The first-order chi connectivity index (χ1) is 13.7. The number of nitrogens with zero attached hydrogens (tertiary/aromatic N) is 3. The number of rotatable bonds is 6. The Labute approximate surface area is 162 Å². The Balaban J connectivity index is 2.19. The SMILES string of the molecule is O=C(O)NCCc1cn(S(=O)(=O)c2cncc(F)c2)c(-c2cccnc2F)c1F. The number of nitrogens with one attached hydrogen (secondary N) is 1. The van der Waals surface area contributed by atoms with Gasteiger partial charge < -0.3 is 10.4 Å². The standard InChI is InChI=1S/C17H13F3N4O4S/c18-11-6-12(8-21-7-11)29(27,28)24-9-10(3-5-23-17(25)26)14(19)15(24)13-2-1-4-22-16(13)20/h1-2,4,6-9,23H,3,5H2,(H,25,26). The molecule has 0 saturated carbocycles. The number of carbonyl (C=O) groups is 1. The average Bonchev–Trinajstić information content (AvgIpc) is 2.99. The van der Waals surface area contributed by atoms with Gasteiger partial charge in [-0.15, -0.1) is 0 Å². The number of aromatic nitrogens is 3. The summed E-state index contributed by atoms with van der Waals surface area (Å²) in [6.07, 6.45) is 2.09. The van der Waals surface area contributed by atoms with Crippen molar-refractivity contribution in [1.29, 1.82) is 0 Å². The largest absolute Gasteiger partial charge is 0.465 e. The van der Waals surface area contributed by atoms with E-state index in [1.165, 1.54) is 6.07 Å². The second-order valence-electron chi connectivity index (χ2n) is 5.78. The topological polar surface area (TPSA) is 114 Å². The van der Waals surface area contributed by atoms with E-state index in [0.717, 1.165) is 30.9 Å². The first kappa shape index (κ1) is 20.3. The molecule has 0 atom stereocenters. The summed E-state index contributed by atoms with van der Waals surface area (Å²) in [5.74, 6) is -3.12. The Morgan fingerprint density at radius 3 is 2.66 bits per heavy atom. The maximum Gasteiger partial charge on any atom is 0.404 e. The first-order valence-corrected chi connectivity index (χ1v) is 9.49. The minimum Gasteiger partial charge on any atom is -0.465 e. The molecule has 0 spiro atoms. The maximum absolute atomic E-state index is 15.1. The molecule has 3 heterocycles. The molecule has 0 radical (unpaired) electrons. The van der Waals surface area contributed by atoms with Gasteiger partial charge in [0.25, 0.3) is 10.0 Å². The summed E-state index contributed by atoms with van der Waals surface area (Å²) in [5.41, 5.74) is -1.27. The van der Waals surface area contributed by atoms with Gasteiger partial charge in [0.15, 0.2) is 5.82 Å². The molecule has 0 aliphatic carbocycles. The number of hydrogen-bond acceptors (Lipinski definition) is 5. The normalized spacial score (nSPS) is 11.4. The minimum atomic E-state index is -4.56. The Morgan fingerprint density at radius 1 is 1.24 bits per heavy atom. The van der Waals surface area contributed by atoms with Crippen molar-refractivity contribution in [3.63, 3.8) is 0 Å². The van der Waals surface area contributed by atoms with E-state index >= 15 is 4.39 Å². The van der Waals surface area contributed by atoms with Gasteiger partial charge in [0, 0.05) is 30.7 Å². The molecule has 0 bridgehead atoms. The highest BCUT2D eigenvalue weighted by molar-refractivity contribution is 7.90. The highest BCUT2D eigenvalue weighted by Crippen LogP contribution is 2.32. The van der Waals surface area contributed by atoms with Crippen LogP contribution in [0.4, 0.5) is 18.0 Å². The van der Waals surface area contributed by atoms with Crippen LogP contribution in [-0.2, 0) is 16.4 Å². The van der Waals surface area contributed by atoms with Gasteiger partial charge in [-0.2, -0.15) is 4.39 Å². The van der Waals surface area contributed by atoms with Crippen LogP contribution in [0.3, 0.4) is 0 Å². The average molecular weight is 426 g/mol. The van der Waals surface area contributed by atoms with Crippen LogP contribution in [0, 0.1) is 17.6 Å². The van der Waals surface area contributed by atoms with Crippen LogP contribution in [0.25, 0.3) is 11.3 Å². The second kappa shape index (κ2) is 7.91. The van der Waals surface area contributed by atoms with Crippen molar-refractivity contribution in [3.8, 4) is 11.3 Å². The van der Waals surface area contributed by atoms with E-state index in [0.29, 0.717) is 10.0 Å². The molecule has 0 aliphatic rings. The molecular formula is C17H13F3N4O4S. The molecule has 3 aromatic heterocycles. The van der Waals surface area contributed by atoms with Crippen molar-refractivity contribution in [2.24, 2.45) is 0 Å². The Kier molecular flexibility index (Phi) is 5.55. The number of carboxylic acid groups (broad SMARTS) is 1. The summed E-state index contributed by atoms with van der Waals surface area (Å²) in [5, 5.41) is 10.7. The predicted molar refractivity (Wildman–Crippen MR) is 94.1 cm³/mol.